The Labute approximate surface area is 158 Å². The third-order valence-electron chi connectivity index (χ3n) is 5.60. The maximum absolute atomic E-state index is 5.68. The van der Waals surface area contributed by atoms with Gasteiger partial charge in [0.25, 0.3) is 0 Å². The molecule has 0 radical (unpaired) electrons. The van der Waals surface area contributed by atoms with Crippen molar-refractivity contribution in [1.29, 1.82) is 0 Å². The van der Waals surface area contributed by atoms with Crippen LogP contribution in [0.4, 0.5) is 5.69 Å². The van der Waals surface area contributed by atoms with E-state index in [-0.39, 0.29) is 5.41 Å². The van der Waals surface area contributed by atoms with E-state index in [0.29, 0.717) is 0 Å². The van der Waals surface area contributed by atoms with E-state index in [9.17, 15) is 0 Å². The standard InChI is InChI=1S/C22H31N3O/c1-5-13-25(7-3)14-8-10-17-15-19-18(16-20(17)26-4)22(11-9-12-22)21(24-19)23-6-2/h15-16H,5-7,9,11-14H2,1-4H3,(H,23,24). The quantitative estimate of drug-likeness (QED) is 0.784. The van der Waals surface area contributed by atoms with Gasteiger partial charge >= 0.3 is 0 Å². The van der Waals surface area contributed by atoms with Gasteiger partial charge in [0.15, 0.2) is 0 Å². The van der Waals surface area contributed by atoms with E-state index < -0.39 is 0 Å². The third kappa shape index (κ3) is 3.33. The summed E-state index contributed by atoms with van der Waals surface area (Å²) < 4.78 is 5.68. The summed E-state index contributed by atoms with van der Waals surface area (Å²) in [5.41, 5.74) is 3.53. The van der Waals surface area contributed by atoms with Crippen molar-refractivity contribution in [3.8, 4) is 17.6 Å². The molecule has 140 valence electrons. The molecule has 0 amide bonds. The first-order valence-corrected chi connectivity index (χ1v) is 9.94. The number of hydrogen-bond acceptors (Lipinski definition) is 3. The summed E-state index contributed by atoms with van der Waals surface area (Å²) in [4.78, 5) is 7.10. The summed E-state index contributed by atoms with van der Waals surface area (Å²) in [5, 5.41) is 3.57. The van der Waals surface area contributed by atoms with Gasteiger partial charge in [-0.1, -0.05) is 32.1 Å². The summed E-state index contributed by atoms with van der Waals surface area (Å²) in [6.07, 6.45) is 4.76. The number of nitrogens with zero attached hydrogens (tertiary/aromatic N) is 2. The number of fused-ring (bicyclic) bond motifs is 2. The molecule has 1 N–H and O–H groups in total. The van der Waals surface area contributed by atoms with Gasteiger partial charge in [-0.05, 0) is 57.0 Å². The molecule has 1 spiro atoms. The first kappa shape index (κ1) is 18.8. The van der Waals surface area contributed by atoms with Gasteiger partial charge in [0.05, 0.1) is 24.6 Å². The van der Waals surface area contributed by atoms with Crippen LogP contribution in [0.1, 0.15) is 57.6 Å². The lowest BCUT2D eigenvalue weighted by molar-refractivity contribution is 0.324. The number of nitrogens with one attached hydrogen (secondary N) is 1. The SMILES string of the molecule is CCCN(CC)CC#Cc1cc2c(cc1OC)C1(CCC1)C(=NCC)N2. The zero-order valence-corrected chi connectivity index (χ0v) is 16.6. The van der Waals surface area contributed by atoms with Gasteiger partial charge in [-0.25, -0.2) is 0 Å². The van der Waals surface area contributed by atoms with E-state index in [4.69, 9.17) is 9.73 Å². The van der Waals surface area contributed by atoms with E-state index in [1.165, 1.54) is 24.8 Å². The Morgan fingerprint density at radius 1 is 1.27 bits per heavy atom. The summed E-state index contributed by atoms with van der Waals surface area (Å²) in [7, 11) is 1.74. The van der Waals surface area contributed by atoms with Crippen molar-refractivity contribution < 1.29 is 4.74 Å². The van der Waals surface area contributed by atoms with Gasteiger partial charge in [-0.15, -0.1) is 0 Å². The number of amidine groups is 1. The highest BCUT2D eigenvalue weighted by atomic mass is 16.5. The summed E-state index contributed by atoms with van der Waals surface area (Å²) in [5.74, 6) is 8.67. The zero-order chi connectivity index (χ0) is 18.6. The Morgan fingerprint density at radius 3 is 2.65 bits per heavy atom. The van der Waals surface area contributed by atoms with E-state index >= 15 is 0 Å². The first-order valence-electron chi connectivity index (χ1n) is 9.94. The molecule has 1 aromatic rings. The van der Waals surface area contributed by atoms with Gasteiger partial charge in [0.1, 0.15) is 11.6 Å². The Kier molecular flexibility index (Phi) is 5.88. The fraction of sp³-hybridized carbons (Fsp3) is 0.591. The predicted molar refractivity (Wildman–Crippen MR) is 109 cm³/mol. The van der Waals surface area contributed by atoms with Crippen LogP contribution in [-0.2, 0) is 5.41 Å². The van der Waals surface area contributed by atoms with Gasteiger partial charge in [0.2, 0.25) is 0 Å². The highest BCUT2D eigenvalue weighted by Gasteiger charge is 2.49. The minimum Gasteiger partial charge on any atom is -0.495 e. The van der Waals surface area contributed by atoms with Crippen LogP contribution >= 0.6 is 0 Å². The third-order valence-corrected chi connectivity index (χ3v) is 5.60. The van der Waals surface area contributed by atoms with Crippen molar-refractivity contribution in [2.75, 3.05) is 38.6 Å². The molecule has 1 fully saturated rings. The van der Waals surface area contributed by atoms with Crippen molar-refractivity contribution in [3.05, 3.63) is 23.3 Å². The second-order valence-electron chi connectivity index (χ2n) is 7.15. The van der Waals surface area contributed by atoms with Crippen LogP contribution in [0.5, 0.6) is 5.75 Å². The molecule has 0 aromatic heterocycles. The van der Waals surface area contributed by atoms with Crippen molar-refractivity contribution in [2.24, 2.45) is 4.99 Å². The zero-order valence-electron chi connectivity index (χ0n) is 16.6. The highest BCUT2D eigenvalue weighted by molar-refractivity contribution is 6.10. The molecule has 0 atom stereocenters. The van der Waals surface area contributed by atoms with E-state index in [2.05, 4.69) is 55.0 Å². The Bertz CT molecular complexity index is 738. The molecule has 1 saturated carbocycles. The largest absolute Gasteiger partial charge is 0.495 e. The Hall–Kier alpha value is -1.99. The Balaban J connectivity index is 1.89. The fourth-order valence-electron chi connectivity index (χ4n) is 4.02. The molecular formula is C22H31N3O. The van der Waals surface area contributed by atoms with Gasteiger partial charge in [-0.3, -0.25) is 9.89 Å². The van der Waals surface area contributed by atoms with E-state index in [1.54, 1.807) is 7.11 Å². The molecule has 1 aromatic carbocycles. The smallest absolute Gasteiger partial charge is 0.134 e. The number of aliphatic imine (C=N–C) groups is 1. The summed E-state index contributed by atoms with van der Waals surface area (Å²) in [6.45, 7) is 10.2. The maximum atomic E-state index is 5.68. The molecule has 0 unspecified atom stereocenters. The van der Waals surface area contributed by atoms with Crippen molar-refractivity contribution in [3.63, 3.8) is 0 Å². The van der Waals surface area contributed by atoms with Crippen molar-refractivity contribution >= 4 is 11.5 Å². The lowest BCUT2D eigenvalue weighted by Gasteiger charge is -2.38. The molecule has 1 aliphatic carbocycles. The number of methoxy groups -OCH3 is 1. The van der Waals surface area contributed by atoms with Crippen LogP contribution in [0.25, 0.3) is 0 Å². The van der Waals surface area contributed by atoms with Crippen LogP contribution < -0.4 is 10.1 Å². The highest BCUT2D eigenvalue weighted by Crippen LogP contribution is 2.52. The van der Waals surface area contributed by atoms with E-state index in [0.717, 1.165) is 55.4 Å². The normalized spacial score (nSPS) is 18.3. The molecule has 0 bridgehead atoms. The van der Waals surface area contributed by atoms with Gasteiger partial charge in [-0.2, -0.15) is 0 Å². The molecule has 1 aliphatic heterocycles. The number of anilines is 1. The number of hydrogen-bond donors (Lipinski definition) is 1. The minimum atomic E-state index is 0.0880. The van der Waals surface area contributed by atoms with Gasteiger partial charge < -0.3 is 10.1 Å². The molecule has 4 heteroatoms. The van der Waals surface area contributed by atoms with Crippen LogP contribution in [0.3, 0.4) is 0 Å². The fourth-order valence-corrected chi connectivity index (χ4v) is 4.02. The van der Waals surface area contributed by atoms with Crippen LogP contribution in [0.2, 0.25) is 0 Å². The van der Waals surface area contributed by atoms with Crippen molar-refractivity contribution in [1.82, 2.24) is 4.90 Å². The monoisotopic (exact) mass is 353 g/mol. The van der Waals surface area contributed by atoms with Crippen LogP contribution in [0, 0.1) is 11.8 Å². The topological polar surface area (TPSA) is 36.9 Å². The second kappa shape index (κ2) is 8.14. The van der Waals surface area contributed by atoms with Crippen molar-refractivity contribution in [2.45, 2.75) is 51.9 Å². The molecular weight excluding hydrogens is 322 g/mol. The lowest BCUT2D eigenvalue weighted by atomic mass is 9.65. The summed E-state index contributed by atoms with van der Waals surface area (Å²) >= 11 is 0. The average molecular weight is 354 g/mol. The average Bonchev–Trinajstić information content (AvgIpc) is 2.93. The molecule has 3 rings (SSSR count). The van der Waals surface area contributed by atoms with Crippen LogP contribution in [0.15, 0.2) is 17.1 Å². The molecule has 26 heavy (non-hydrogen) atoms. The number of ether oxygens (including phenoxy) is 1. The first-order chi connectivity index (χ1) is 12.7. The lowest BCUT2D eigenvalue weighted by Crippen LogP contribution is -2.41. The van der Waals surface area contributed by atoms with E-state index in [1.807, 2.05) is 0 Å². The van der Waals surface area contributed by atoms with Crippen LogP contribution in [-0.4, -0.2) is 44.0 Å². The molecule has 4 nitrogen and oxygen atoms in total. The number of benzene rings is 1. The number of rotatable bonds is 6. The maximum Gasteiger partial charge on any atom is 0.134 e. The van der Waals surface area contributed by atoms with Gasteiger partial charge in [0, 0.05) is 12.2 Å². The summed E-state index contributed by atoms with van der Waals surface area (Å²) in [6, 6.07) is 4.34. The molecule has 0 saturated heterocycles. The molecule has 2 aliphatic rings. The predicted octanol–water partition coefficient (Wildman–Crippen LogP) is 4.04. The minimum absolute atomic E-state index is 0.0880. The molecule has 1 heterocycles. The second-order valence-corrected chi connectivity index (χ2v) is 7.15. The Morgan fingerprint density at radius 2 is 2.08 bits per heavy atom.